The fraction of sp³-hybridized carbons (Fsp3) is 0.556. The third-order valence-corrected chi connectivity index (χ3v) is 7.30. The van der Waals surface area contributed by atoms with Gasteiger partial charge in [0, 0.05) is 25.2 Å². The second-order valence-corrected chi connectivity index (χ2v) is 9.95. The van der Waals surface area contributed by atoms with Gasteiger partial charge in [0.2, 0.25) is 5.91 Å². The summed E-state index contributed by atoms with van der Waals surface area (Å²) in [6.45, 7) is 4.80. The Morgan fingerprint density at radius 3 is 2.54 bits per heavy atom. The molecule has 37 heavy (non-hydrogen) atoms. The number of benzene rings is 1. The largest absolute Gasteiger partial charge is 0.493 e. The molecule has 2 aromatic rings. The SMILES string of the molecule is CCCN1C(=O)c2cc(C(=O)NCCc3ccc(OC)c(OC)c3)nn2CC1(C)C(=O)NC1CCCC1. The number of aromatic nitrogens is 2. The quantitative estimate of drug-likeness (QED) is 0.507. The number of ether oxygens (including phenoxy) is 2. The van der Waals surface area contributed by atoms with Crippen LogP contribution in [0.15, 0.2) is 24.3 Å². The molecule has 1 saturated carbocycles. The van der Waals surface area contributed by atoms with E-state index in [9.17, 15) is 14.4 Å². The molecule has 1 aromatic heterocycles. The van der Waals surface area contributed by atoms with E-state index in [4.69, 9.17) is 9.47 Å². The van der Waals surface area contributed by atoms with E-state index in [0.29, 0.717) is 36.7 Å². The van der Waals surface area contributed by atoms with E-state index in [-0.39, 0.29) is 36.0 Å². The maximum absolute atomic E-state index is 13.4. The summed E-state index contributed by atoms with van der Waals surface area (Å²) in [5.41, 5.74) is 0.393. The van der Waals surface area contributed by atoms with Gasteiger partial charge in [0.05, 0.1) is 20.8 Å². The molecule has 0 bridgehead atoms. The lowest BCUT2D eigenvalue weighted by atomic mass is 9.94. The van der Waals surface area contributed by atoms with Crippen LogP contribution in [0.25, 0.3) is 0 Å². The monoisotopic (exact) mass is 511 g/mol. The highest BCUT2D eigenvalue weighted by molar-refractivity contribution is 6.01. The molecule has 4 rings (SSSR count). The third kappa shape index (κ3) is 5.42. The highest BCUT2D eigenvalue weighted by atomic mass is 16.5. The topological polar surface area (TPSA) is 115 Å². The smallest absolute Gasteiger partial charge is 0.273 e. The van der Waals surface area contributed by atoms with Crippen molar-refractivity contribution in [2.24, 2.45) is 0 Å². The fourth-order valence-corrected chi connectivity index (χ4v) is 5.18. The molecule has 1 aliphatic carbocycles. The van der Waals surface area contributed by atoms with Crippen LogP contribution in [0, 0.1) is 0 Å². The standard InChI is InChI=1S/C27H37N5O5/c1-5-14-31-25(34)21-16-20(24(33)28-13-12-18-10-11-22(36-3)23(15-18)37-4)30-32(21)17-27(31,2)26(35)29-19-8-6-7-9-19/h10-11,15-16,19H,5-9,12-14,17H2,1-4H3,(H,28,33)(H,29,35). The number of fused-ring (bicyclic) bond motifs is 1. The first-order chi connectivity index (χ1) is 17.8. The lowest BCUT2D eigenvalue weighted by molar-refractivity contribution is -0.133. The van der Waals surface area contributed by atoms with Crippen molar-refractivity contribution in [2.75, 3.05) is 27.3 Å². The molecule has 200 valence electrons. The maximum atomic E-state index is 13.4. The minimum atomic E-state index is -1.07. The highest BCUT2D eigenvalue weighted by Crippen LogP contribution is 2.30. The lowest BCUT2D eigenvalue weighted by Gasteiger charge is -2.43. The Bertz CT molecular complexity index is 1160. The van der Waals surface area contributed by atoms with Gasteiger partial charge in [-0.15, -0.1) is 0 Å². The number of hydrogen-bond acceptors (Lipinski definition) is 6. The molecular formula is C27H37N5O5. The van der Waals surface area contributed by atoms with Gasteiger partial charge in [-0.1, -0.05) is 25.8 Å². The zero-order valence-corrected chi connectivity index (χ0v) is 22.1. The number of nitrogens with zero attached hydrogens (tertiary/aromatic N) is 3. The van der Waals surface area contributed by atoms with Crippen LogP contribution >= 0.6 is 0 Å². The van der Waals surface area contributed by atoms with E-state index in [2.05, 4.69) is 15.7 Å². The normalized spacial score (nSPS) is 19.5. The Kier molecular flexibility index (Phi) is 8.04. The third-order valence-electron chi connectivity index (χ3n) is 7.30. The van der Waals surface area contributed by atoms with Crippen molar-refractivity contribution in [3.63, 3.8) is 0 Å². The van der Waals surface area contributed by atoms with Crippen LogP contribution in [0.5, 0.6) is 11.5 Å². The van der Waals surface area contributed by atoms with Crippen LogP contribution < -0.4 is 20.1 Å². The van der Waals surface area contributed by atoms with Crippen LogP contribution in [0.4, 0.5) is 0 Å². The number of carbonyl (C=O) groups excluding carboxylic acids is 3. The van der Waals surface area contributed by atoms with Gasteiger partial charge in [-0.2, -0.15) is 5.10 Å². The van der Waals surface area contributed by atoms with Crippen molar-refractivity contribution in [2.45, 2.75) is 70.5 Å². The molecule has 2 N–H and O–H groups in total. The van der Waals surface area contributed by atoms with E-state index >= 15 is 0 Å². The fourth-order valence-electron chi connectivity index (χ4n) is 5.18. The van der Waals surface area contributed by atoms with E-state index in [1.807, 2.05) is 25.1 Å². The number of amides is 3. The van der Waals surface area contributed by atoms with Crippen molar-refractivity contribution in [3.05, 3.63) is 41.2 Å². The predicted octanol–water partition coefficient (Wildman–Crippen LogP) is 2.56. The van der Waals surface area contributed by atoms with Gasteiger partial charge >= 0.3 is 0 Å². The molecule has 1 aliphatic heterocycles. The average molecular weight is 512 g/mol. The van der Waals surface area contributed by atoms with Crippen molar-refractivity contribution in [3.8, 4) is 11.5 Å². The molecule has 2 heterocycles. The van der Waals surface area contributed by atoms with Crippen LogP contribution in [-0.2, 0) is 17.8 Å². The number of carbonyl (C=O) groups is 3. The summed E-state index contributed by atoms with van der Waals surface area (Å²) < 4.78 is 12.1. The molecule has 1 aromatic carbocycles. The molecule has 1 fully saturated rings. The van der Waals surface area contributed by atoms with Gasteiger partial charge in [-0.25, -0.2) is 0 Å². The second-order valence-electron chi connectivity index (χ2n) is 9.95. The van der Waals surface area contributed by atoms with E-state index < -0.39 is 5.54 Å². The molecule has 1 atom stereocenters. The van der Waals surface area contributed by atoms with Crippen molar-refractivity contribution in [1.29, 1.82) is 0 Å². The van der Waals surface area contributed by atoms with Crippen molar-refractivity contribution in [1.82, 2.24) is 25.3 Å². The van der Waals surface area contributed by atoms with Crippen LogP contribution in [0.2, 0.25) is 0 Å². The summed E-state index contributed by atoms with van der Waals surface area (Å²) in [5.74, 6) is 0.458. The maximum Gasteiger partial charge on any atom is 0.273 e. The highest BCUT2D eigenvalue weighted by Gasteiger charge is 2.48. The minimum absolute atomic E-state index is 0.147. The number of nitrogens with one attached hydrogen (secondary N) is 2. The molecule has 10 heteroatoms. The van der Waals surface area contributed by atoms with Gasteiger partial charge < -0.3 is 25.0 Å². The summed E-state index contributed by atoms with van der Waals surface area (Å²) in [7, 11) is 3.16. The van der Waals surface area contributed by atoms with E-state index in [1.165, 1.54) is 10.7 Å². The van der Waals surface area contributed by atoms with Crippen LogP contribution in [0.1, 0.15) is 72.5 Å². The van der Waals surface area contributed by atoms with Gasteiger partial charge in [0.1, 0.15) is 11.2 Å². The Balaban J connectivity index is 1.45. The van der Waals surface area contributed by atoms with Gasteiger partial charge in [0.15, 0.2) is 17.2 Å². The van der Waals surface area contributed by atoms with Crippen LogP contribution in [-0.4, -0.2) is 71.3 Å². The summed E-state index contributed by atoms with van der Waals surface area (Å²) in [6, 6.07) is 7.28. The molecule has 0 radical (unpaired) electrons. The average Bonchev–Trinajstić information content (AvgIpc) is 3.56. The first-order valence-electron chi connectivity index (χ1n) is 13.0. The summed E-state index contributed by atoms with van der Waals surface area (Å²) >= 11 is 0. The Hall–Kier alpha value is -3.56. The lowest BCUT2D eigenvalue weighted by Crippen LogP contribution is -2.65. The Morgan fingerprint density at radius 1 is 1.14 bits per heavy atom. The van der Waals surface area contributed by atoms with Crippen molar-refractivity contribution >= 4 is 17.7 Å². The molecule has 1 unspecified atom stereocenters. The number of hydrogen-bond donors (Lipinski definition) is 2. The molecular weight excluding hydrogens is 474 g/mol. The molecule has 0 spiro atoms. The van der Waals surface area contributed by atoms with Crippen molar-refractivity contribution < 1.29 is 23.9 Å². The number of methoxy groups -OCH3 is 2. The molecule has 10 nitrogen and oxygen atoms in total. The summed E-state index contributed by atoms with van der Waals surface area (Å²) in [4.78, 5) is 41.3. The van der Waals surface area contributed by atoms with Gasteiger partial charge in [-0.05, 0) is 50.3 Å². The Labute approximate surface area is 217 Å². The minimum Gasteiger partial charge on any atom is -0.493 e. The second kappa shape index (κ2) is 11.2. The molecule has 0 saturated heterocycles. The van der Waals surface area contributed by atoms with Gasteiger partial charge in [0.25, 0.3) is 11.8 Å². The first-order valence-corrected chi connectivity index (χ1v) is 13.0. The molecule has 2 aliphatic rings. The zero-order chi connectivity index (χ0) is 26.6. The zero-order valence-electron chi connectivity index (χ0n) is 22.1. The van der Waals surface area contributed by atoms with Crippen LogP contribution in [0.3, 0.4) is 0 Å². The first kappa shape index (κ1) is 26.5. The summed E-state index contributed by atoms with van der Waals surface area (Å²) in [6.07, 6.45) is 5.44. The predicted molar refractivity (Wildman–Crippen MR) is 138 cm³/mol. The summed E-state index contributed by atoms with van der Waals surface area (Å²) in [5, 5.41) is 10.4. The molecule has 3 amide bonds. The van der Waals surface area contributed by atoms with E-state index in [1.54, 1.807) is 26.0 Å². The number of rotatable bonds is 10. The van der Waals surface area contributed by atoms with E-state index in [0.717, 1.165) is 37.7 Å². The Morgan fingerprint density at radius 2 is 1.86 bits per heavy atom. The van der Waals surface area contributed by atoms with Gasteiger partial charge in [-0.3, -0.25) is 19.1 Å².